The second-order valence-corrected chi connectivity index (χ2v) is 4.76. The molecular formula is C13H10ClF5N4O. The van der Waals surface area contributed by atoms with Crippen LogP contribution in [0.15, 0.2) is 24.7 Å². The molecule has 0 radical (unpaired) electrons. The summed E-state index contributed by atoms with van der Waals surface area (Å²) in [4.78, 5) is 10.6. The Kier molecular flexibility index (Phi) is 5.71. The van der Waals surface area contributed by atoms with Crippen LogP contribution in [-0.2, 0) is 6.18 Å². The van der Waals surface area contributed by atoms with Gasteiger partial charge in [0, 0.05) is 12.3 Å². The van der Waals surface area contributed by atoms with Crippen LogP contribution in [-0.4, -0.2) is 28.1 Å². The summed E-state index contributed by atoms with van der Waals surface area (Å²) in [6, 6.07) is 1.92. The SMILES string of the molecule is FC(F)c1ncnc(NCCOc2ccc(C(F)(F)F)cn2)c1Cl. The van der Waals surface area contributed by atoms with Gasteiger partial charge in [-0.05, 0) is 6.07 Å². The average Bonchev–Trinajstić information content (AvgIpc) is 2.52. The number of ether oxygens (including phenoxy) is 1. The van der Waals surface area contributed by atoms with E-state index in [1.165, 1.54) is 0 Å². The summed E-state index contributed by atoms with van der Waals surface area (Å²) in [5.41, 5.74) is -1.49. The number of pyridine rings is 1. The third-order valence-corrected chi connectivity index (χ3v) is 3.10. The summed E-state index contributed by atoms with van der Waals surface area (Å²) in [6.07, 6.45) is -5.72. The standard InChI is InChI=1S/C13H10ClF5N4O/c14-9-10(11(15)16)22-6-23-12(9)20-3-4-24-8-2-1-7(5-21-8)13(17,18)19/h1-2,5-6,11H,3-4H2,(H,20,22,23). The van der Waals surface area contributed by atoms with E-state index in [4.69, 9.17) is 16.3 Å². The van der Waals surface area contributed by atoms with Crippen LogP contribution in [0.3, 0.4) is 0 Å². The summed E-state index contributed by atoms with van der Waals surface area (Å²) in [7, 11) is 0. The van der Waals surface area contributed by atoms with Crippen molar-refractivity contribution in [1.29, 1.82) is 0 Å². The lowest BCUT2D eigenvalue weighted by molar-refractivity contribution is -0.137. The predicted octanol–water partition coefficient (Wildman–Crippen LogP) is 3.97. The van der Waals surface area contributed by atoms with E-state index in [2.05, 4.69) is 20.3 Å². The molecular weight excluding hydrogens is 359 g/mol. The first kappa shape index (κ1) is 18.1. The smallest absolute Gasteiger partial charge is 0.417 e. The van der Waals surface area contributed by atoms with Crippen molar-refractivity contribution in [2.24, 2.45) is 0 Å². The fourth-order valence-corrected chi connectivity index (χ4v) is 1.86. The van der Waals surface area contributed by atoms with E-state index in [1.807, 2.05) is 0 Å². The second-order valence-electron chi connectivity index (χ2n) is 4.38. The zero-order valence-electron chi connectivity index (χ0n) is 11.8. The molecule has 0 aliphatic rings. The Hall–Kier alpha value is -2.23. The Labute approximate surface area is 137 Å². The molecule has 0 bridgehead atoms. The monoisotopic (exact) mass is 368 g/mol. The molecule has 0 aromatic carbocycles. The second kappa shape index (κ2) is 7.56. The number of nitrogens with zero attached hydrogens (tertiary/aromatic N) is 3. The van der Waals surface area contributed by atoms with Gasteiger partial charge in [0.1, 0.15) is 29.5 Å². The van der Waals surface area contributed by atoms with Gasteiger partial charge in [-0.25, -0.2) is 23.7 Å². The number of hydrogen-bond donors (Lipinski definition) is 1. The number of aromatic nitrogens is 3. The van der Waals surface area contributed by atoms with Gasteiger partial charge in [0.2, 0.25) is 5.88 Å². The van der Waals surface area contributed by atoms with Gasteiger partial charge in [-0.2, -0.15) is 13.2 Å². The van der Waals surface area contributed by atoms with Crippen LogP contribution in [0.4, 0.5) is 27.8 Å². The van der Waals surface area contributed by atoms with E-state index in [9.17, 15) is 22.0 Å². The number of hydrogen-bond acceptors (Lipinski definition) is 5. The van der Waals surface area contributed by atoms with Crippen molar-refractivity contribution in [1.82, 2.24) is 15.0 Å². The summed E-state index contributed by atoms with van der Waals surface area (Å²) in [5.74, 6) is -0.00204. The third-order valence-electron chi connectivity index (χ3n) is 2.73. The minimum Gasteiger partial charge on any atom is -0.476 e. The quantitative estimate of drug-likeness (QED) is 0.617. The van der Waals surface area contributed by atoms with Crippen LogP contribution in [0.5, 0.6) is 5.88 Å². The molecule has 0 atom stereocenters. The zero-order valence-corrected chi connectivity index (χ0v) is 12.6. The van der Waals surface area contributed by atoms with Crippen LogP contribution < -0.4 is 10.1 Å². The summed E-state index contributed by atoms with van der Waals surface area (Å²) < 4.78 is 67.5. The lowest BCUT2D eigenvalue weighted by atomic mass is 10.3. The molecule has 0 saturated heterocycles. The van der Waals surface area contributed by atoms with Crippen molar-refractivity contribution in [3.63, 3.8) is 0 Å². The van der Waals surface area contributed by atoms with Gasteiger partial charge in [0.25, 0.3) is 6.43 Å². The molecule has 11 heteroatoms. The average molecular weight is 369 g/mol. The van der Waals surface area contributed by atoms with Gasteiger partial charge in [-0.15, -0.1) is 0 Å². The van der Waals surface area contributed by atoms with Gasteiger partial charge < -0.3 is 10.1 Å². The van der Waals surface area contributed by atoms with Crippen molar-refractivity contribution in [2.75, 3.05) is 18.5 Å². The molecule has 5 nitrogen and oxygen atoms in total. The lowest BCUT2D eigenvalue weighted by Crippen LogP contribution is -2.14. The molecule has 2 rings (SSSR count). The van der Waals surface area contributed by atoms with Crippen molar-refractivity contribution >= 4 is 17.4 Å². The van der Waals surface area contributed by atoms with E-state index >= 15 is 0 Å². The fourth-order valence-electron chi connectivity index (χ4n) is 1.62. The van der Waals surface area contributed by atoms with E-state index in [0.717, 1.165) is 18.5 Å². The Bertz CT molecular complexity index is 681. The number of rotatable bonds is 6. The molecule has 0 aliphatic carbocycles. The first-order chi connectivity index (χ1) is 11.3. The topological polar surface area (TPSA) is 59.9 Å². The van der Waals surface area contributed by atoms with Gasteiger partial charge in [0.05, 0.1) is 12.1 Å². The molecule has 130 valence electrons. The van der Waals surface area contributed by atoms with Crippen LogP contribution in [0, 0.1) is 0 Å². The minimum atomic E-state index is -4.47. The third kappa shape index (κ3) is 4.63. The van der Waals surface area contributed by atoms with E-state index < -0.39 is 23.9 Å². The van der Waals surface area contributed by atoms with E-state index in [1.54, 1.807) is 0 Å². The van der Waals surface area contributed by atoms with Crippen molar-refractivity contribution in [3.8, 4) is 5.88 Å². The number of halogens is 6. The number of nitrogens with one attached hydrogen (secondary N) is 1. The van der Waals surface area contributed by atoms with Gasteiger partial charge >= 0.3 is 6.18 Å². The van der Waals surface area contributed by atoms with Crippen LogP contribution in [0.25, 0.3) is 0 Å². The number of anilines is 1. The zero-order chi connectivity index (χ0) is 17.7. The molecule has 0 aliphatic heterocycles. The van der Waals surface area contributed by atoms with Gasteiger partial charge in [-0.3, -0.25) is 0 Å². The maximum Gasteiger partial charge on any atom is 0.417 e. The van der Waals surface area contributed by atoms with E-state index in [0.29, 0.717) is 6.20 Å². The number of alkyl halides is 5. The maximum absolute atomic E-state index is 12.6. The summed E-state index contributed by atoms with van der Waals surface area (Å²) in [6.45, 7) is 0.116. The first-order valence-electron chi connectivity index (χ1n) is 6.47. The van der Waals surface area contributed by atoms with Gasteiger partial charge in [0.15, 0.2) is 0 Å². The Morgan fingerprint density at radius 2 is 1.92 bits per heavy atom. The Morgan fingerprint density at radius 3 is 2.50 bits per heavy atom. The molecule has 2 aromatic heterocycles. The molecule has 0 amide bonds. The molecule has 2 heterocycles. The summed E-state index contributed by atoms with van der Waals surface area (Å²) >= 11 is 5.73. The normalized spacial score (nSPS) is 11.6. The van der Waals surface area contributed by atoms with Gasteiger partial charge in [-0.1, -0.05) is 11.6 Å². The molecule has 24 heavy (non-hydrogen) atoms. The summed E-state index contributed by atoms with van der Waals surface area (Å²) in [5, 5.41) is 2.36. The predicted molar refractivity (Wildman–Crippen MR) is 75.2 cm³/mol. The largest absolute Gasteiger partial charge is 0.476 e. The highest BCUT2D eigenvalue weighted by molar-refractivity contribution is 6.33. The van der Waals surface area contributed by atoms with Crippen LogP contribution in [0.2, 0.25) is 5.02 Å². The van der Waals surface area contributed by atoms with Crippen molar-refractivity contribution in [2.45, 2.75) is 12.6 Å². The highest BCUT2D eigenvalue weighted by Crippen LogP contribution is 2.30. The van der Waals surface area contributed by atoms with Crippen molar-refractivity contribution in [3.05, 3.63) is 40.9 Å². The van der Waals surface area contributed by atoms with Crippen molar-refractivity contribution < 1.29 is 26.7 Å². The molecule has 0 spiro atoms. The van der Waals surface area contributed by atoms with Crippen LogP contribution >= 0.6 is 11.6 Å². The van der Waals surface area contributed by atoms with E-state index in [-0.39, 0.29) is 29.9 Å². The lowest BCUT2D eigenvalue weighted by Gasteiger charge is -2.11. The first-order valence-corrected chi connectivity index (χ1v) is 6.85. The Balaban J connectivity index is 1.86. The molecule has 0 fully saturated rings. The molecule has 2 aromatic rings. The van der Waals surface area contributed by atoms with Crippen LogP contribution in [0.1, 0.15) is 17.7 Å². The molecule has 0 saturated carbocycles. The highest BCUT2D eigenvalue weighted by Gasteiger charge is 2.30. The highest BCUT2D eigenvalue weighted by atomic mass is 35.5. The molecule has 1 N–H and O–H groups in total. The molecule has 0 unspecified atom stereocenters. The fraction of sp³-hybridized carbons (Fsp3) is 0.308. The Morgan fingerprint density at radius 1 is 1.17 bits per heavy atom. The minimum absolute atomic E-state index is 0.00269. The maximum atomic E-state index is 12.6.